The molecule has 2 amide bonds. The summed E-state index contributed by atoms with van der Waals surface area (Å²) in [6, 6.07) is 11.7. The molecule has 184 valence electrons. The number of amides is 2. The smallest absolute Gasteiger partial charge is 0.271 e. The number of nitriles is 1. The first-order valence-electron chi connectivity index (χ1n) is 12.6. The molecule has 0 saturated carbocycles. The Kier molecular flexibility index (Phi) is 8.36. The van der Waals surface area contributed by atoms with E-state index < -0.39 is 5.91 Å². The van der Waals surface area contributed by atoms with Crippen LogP contribution in [0, 0.1) is 17.9 Å². The zero-order valence-corrected chi connectivity index (χ0v) is 21.4. The molecule has 1 aromatic heterocycles. The molecule has 0 atom stereocenters. The number of piperidine rings is 1. The number of unbranched alkanes of at least 4 members (excludes halogenated alkanes) is 3. The number of anilines is 1. The molecule has 0 N–H and O–H groups in total. The highest BCUT2D eigenvalue weighted by atomic mass is 32.1. The zero-order valence-electron chi connectivity index (χ0n) is 20.6. The van der Waals surface area contributed by atoms with Crippen LogP contribution in [0.5, 0.6) is 0 Å². The highest BCUT2D eigenvalue weighted by Crippen LogP contribution is 2.49. The number of hydrogen-bond acceptors (Lipinski definition) is 5. The van der Waals surface area contributed by atoms with Gasteiger partial charge < -0.3 is 4.90 Å². The SMILES string of the molecule is [C-]#[N+]c1c(N2CCCCC2)sc(/C=C2/C=C(C#N)C(=O)N(CCCCCC)C2=O)c1-c1ccccc1. The Hall–Kier alpha value is -3.68. The summed E-state index contributed by atoms with van der Waals surface area (Å²) in [5.41, 5.74) is 2.59. The summed E-state index contributed by atoms with van der Waals surface area (Å²) in [4.78, 5) is 34.4. The molecule has 0 radical (unpaired) electrons. The van der Waals surface area contributed by atoms with Crippen molar-refractivity contribution in [3.05, 3.63) is 63.8 Å². The zero-order chi connectivity index (χ0) is 25.5. The summed E-state index contributed by atoms with van der Waals surface area (Å²) in [5, 5.41) is 10.5. The minimum atomic E-state index is -0.526. The number of carbonyl (C=O) groups is 2. The lowest BCUT2D eigenvalue weighted by molar-refractivity contribution is -0.140. The summed E-state index contributed by atoms with van der Waals surface area (Å²) in [6.07, 6.45) is 10.3. The van der Waals surface area contributed by atoms with E-state index >= 15 is 0 Å². The fraction of sp³-hybridized carbons (Fsp3) is 0.379. The number of nitrogens with zero attached hydrogens (tertiary/aromatic N) is 4. The van der Waals surface area contributed by atoms with Crippen LogP contribution in [-0.4, -0.2) is 36.3 Å². The first kappa shape index (κ1) is 25.4. The van der Waals surface area contributed by atoms with Crippen molar-refractivity contribution in [1.82, 2.24) is 4.90 Å². The van der Waals surface area contributed by atoms with Crippen molar-refractivity contribution >= 4 is 39.9 Å². The standard InChI is InChI=1S/C29H30N4O2S/c1-3-4-5-12-17-33-27(34)22(18-23(20-30)28(33)35)19-24-25(21-13-8-6-9-14-21)26(31-2)29(36-24)32-15-10-7-11-16-32/h6,8-9,13-14,18-19H,3-5,7,10-12,15-17H2,1H3/b22-19-. The molecule has 0 aliphatic carbocycles. The average molecular weight is 499 g/mol. The van der Waals surface area contributed by atoms with Gasteiger partial charge in [0.25, 0.3) is 11.8 Å². The summed E-state index contributed by atoms with van der Waals surface area (Å²) in [5.74, 6) is -0.909. The van der Waals surface area contributed by atoms with Crippen molar-refractivity contribution in [1.29, 1.82) is 5.26 Å². The molecule has 6 nitrogen and oxygen atoms in total. The predicted octanol–water partition coefficient (Wildman–Crippen LogP) is 6.74. The van der Waals surface area contributed by atoms with Crippen molar-refractivity contribution in [2.45, 2.75) is 51.9 Å². The number of rotatable bonds is 8. The summed E-state index contributed by atoms with van der Waals surface area (Å²) in [7, 11) is 0. The molecular formula is C29H30N4O2S. The van der Waals surface area contributed by atoms with Gasteiger partial charge in [-0.3, -0.25) is 14.5 Å². The van der Waals surface area contributed by atoms with Crippen LogP contribution in [0.15, 0.2) is 47.6 Å². The van der Waals surface area contributed by atoms with Crippen LogP contribution >= 0.6 is 11.3 Å². The fourth-order valence-electron chi connectivity index (χ4n) is 4.72. The maximum Gasteiger partial charge on any atom is 0.271 e. The van der Waals surface area contributed by atoms with E-state index in [4.69, 9.17) is 6.57 Å². The first-order valence-corrected chi connectivity index (χ1v) is 13.4. The maximum absolute atomic E-state index is 13.4. The lowest BCUT2D eigenvalue weighted by Gasteiger charge is -2.28. The second-order valence-electron chi connectivity index (χ2n) is 9.11. The summed E-state index contributed by atoms with van der Waals surface area (Å²) >= 11 is 1.51. The third-order valence-corrected chi connectivity index (χ3v) is 7.81. The van der Waals surface area contributed by atoms with E-state index in [0.717, 1.165) is 66.2 Å². The van der Waals surface area contributed by atoms with Gasteiger partial charge in [0.1, 0.15) is 11.6 Å². The fourth-order valence-corrected chi connectivity index (χ4v) is 5.99. The van der Waals surface area contributed by atoms with Crippen LogP contribution in [0.25, 0.3) is 22.0 Å². The molecule has 2 aromatic rings. The highest BCUT2D eigenvalue weighted by molar-refractivity contribution is 7.18. The molecule has 7 heteroatoms. The van der Waals surface area contributed by atoms with Crippen molar-refractivity contribution in [2.24, 2.45) is 0 Å². The van der Waals surface area contributed by atoms with Crippen molar-refractivity contribution in [3.8, 4) is 17.2 Å². The minimum absolute atomic E-state index is 0.0317. The van der Waals surface area contributed by atoms with Crippen LogP contribution in [0.3, 0.4) is 0 Å². The lowest BCUT2D eigenvalue weighted by atomic mass is 10.00. The van der Waals surface area contributed by atoms with Gasteiger partial charge in [-0.15, -0.1) is 11.3 Å². The molecule has 2 aliphatic rings. The quantitative estimate of drug-likeness (QED) is 0.175. The molecular weight excluding hydrogens is 468 g/mol. The van der Waals surface area contributed by atoms with E-state index in [2.05, 4.69) is 16.7 Å². The molecule has 1 saturated heterocycles. The normalized spacial score (nSPS) is 17.2. The van der Waals surface area contributed by atoms with Crippen LogP contribution in [0.4, 0.5) is 10.7 Å². The molecule has 36 heavy (non-hydrogen) atoms. The second kappa shape index (κ2) is 11.8. The van der Waals surface area contributed by atoms with E-state index in [1.165, 1.54) is 28.7 Å². The first-order chi connectivity index (χ1) is 17.6. The van der Waals surface area contributed by atoms with Crippen LogP contribution in [-0.2, 0) is 9.59 Å². The van der Waals surface area contributed by atoms with Gasteiger partial charge in [0.2, 0.25) is 5.69 Å². The van der Waals surface area contributed by atoms with E-state index in [-0.39, 0.29) is 11.5 Å². The maximum atomic E-state index is 13.4. The van der Waals surface area contributed by atoms with Crippen molar-refractivity contribution in [2.75, 3.05) is 24.5 Å². The number of carbonyl (C=O) groups excluding carboxylic acids is 2. The monoisotopic (exact) mass is 498 g/mol. The number of hydrogen-bond donors (Lipinski definition) is 0. The van der Waals surface area contributed by atoms with E-state index in [0.29, 0.717) is 24.2 Å². The molecule has 4 rings (SSSR count). The summed E-state index contributed by atoms with van der Waals surface area (Å²) < 4.78 is 0. The Morgan fingerprint density at radius 2 is 1.83 bits per heavy atom. The van der Waals surface area contributed by atoms with Gasteiger partial charge in [0.05, 0.1) is 11.6 Å². The van der Waals surface area contributed by atoms with E-state index in [1.807, 2.05) is 36.4 Å². The molecule has 1 aromatic carbocycles. The molecule has 0 bridgehead atoms. The predicted molar refractivity (Wildman–Crippen MR) is 145 cm³/mol. The molecule has 1 fully saturated rings. The Morgan fingerprint density at radius 1 is 1.08 bits per heavy atom. The Bertz CT molecular complexity index is 1270. The Balaban J connectivity index is 1.80. The molecule has 0 unspecified atom stereocenters. The third kappa shape index (κ3) is 5.27. The summed E-state index contributed by atoms with van der Waals surface area (Å²) in [6.45, 7) is 12.2. The number of thiophene rings is 1. The van der Waals surface area contributed by atoms with Gasteiger partial charge in [-0.05, 0) is 43.4 Å². The second-order valence-corrected chi connectivity index (χ2v) is 10.1. The lowest BCUT2D eigenvalue weighted by Crippen LogP contribution is -2.41. The average Bonchev–Trinajstić information content (AvgIpc) is 3.29. The third-order valence-electron chi connectivity index (χ3n) is 6.62. The van der Waals surface area contributed by atoms with Gasteiger partial charge in [-0.2, -0.15) is 5.26 Å². The van der Waals surface area contributed by atoms with Crippen LogP contribution < -0.4 is 4.90 Å². The molecule has 2 aliphatic heterocycles. The minimum Gasteiger partial charge on any atom is -0.372 e. The Morgan fingerprint density at radius 3 is 2.50 bits per heavy atom. The topological polar surface area (TPSA) is 68.8 Å². The van der Waals surface area contributed by atoms with Gasteiger partial charge in [0, 0.05) is 35.6 Å². The molecule has 3 heterocycles. The van der Waals surface area contributed by atoms with Crippen LogP contribution in [0.2, 0.25) is 0 Å². The van der Waals surface area contributed by atoms with E-state index in [1.54, 1.807) is 6.08 Å². The van der Waals surface area contributed by atoms with Crippen LogP contribution in [0.1, 0.15) is 56.7 Å². The van der Waals surface area contributed by atoms with E-state index in [9.17, 15) is 14.9 Å². The Labute approximate surface area is 217 Å². The highest BCUT2D eigenvalue weighted by Gasteiger charge is 2.32. The van der Waals surface area contributed by atoms with Gasteiger partial charge in [0.15, 0.2) is 0 Å². The number of benzene rings is 1. The van der Waals surface area contributed by atoms with Gasteiger partial charge in [-0.1, -0.05) is 56.5 Å². The largest absolute Gasteiger partial charge is 0.372 e. The van der Waals surface area contributed by atoms with Gasteiger partial charge >= 0.3 is 0 Å². The van der Waals surface area contributed by atoms with Crippen molar-refractivity contribution < 1.29 is 9.59 Å². The van der Waals surface area contributed by atoms with Crippen molar-refractivity contribution in [3.63, 3.8) is 0 Å². The molecule has 0 spiro atoms. The van der Waals surface area contributed by atoms with Gasteiger partial charge in [-0.25, -0.2) is 4.85 Å². The number of imide groups is 1.